The third-order valence-electron chi connectivity index (χ3n) is 6.79. The molecule has 4 aliphatic rings. The summed E-state index contributed by atoms with van der Waals surface area (Å²) in [6, 6.07) is 5.47. The average Bonchev–Trinajstić information content (AvgIpc) is 3.04. The van der Waals surface area contributed by atoms with Gasteiger partial charge >= 0.3 is 0 Å². The SMILES string of the molecule is O=C(Nc1cnn(Cc2c(Cl)cccc2Cl)c1)C12CC3CC(CC(C3)C1)C2. The van der Waals surface area contributed by atoms with Crippen molar-refractivity contribution >= 4 is 34.8 Å². The maximum atomic E-state index is 13.2. The molecule has 6 rings (SSSR count). The lowest BCUT2D eigenvalue weighted by Crippen LogP contribution is -2.51. The summed E-state index contributed by atoms with van der Waals surface area (Å²) in [6.07, 6.45) is 10.8. The van der Waals surface area contributed by atoms with Crippen LogP contribution in [0.5, 0.6) is 0 Å². The summed E-state index contributed by atoms with van der Waals surface area (Å²) in [6.45, 7) is 0.478. The number of nitrogens with one attached hydrogen (secondary N) is 1. The van der Waals surface area contributed by atoms with Crippen molar-refractivity contribution in [2.75, 3.05) is 5.32 Å². The number of nitrogens with zero attached hydrogens (tertiary/aromatic N) is 2. The Morgan fingerprint density at radius 2 is 1.70 bits per heavy atom. The Balaban J connectivity index is 1.30. The predicted octanol–water partition coefficient (Wildman–Crippen LogP) is 5.39. The van der Waals surface area contributed by atoms with Crippen molar-refractivity contribution in [3.8, 4) is 0 Å². The summed E-state index contributed by atoms with van der Waals surface area (Å²) in [5.74, 6) is 2.46. The highest BCUT2D eigenvalue weighted by molar-refractivity contribution is 6.35. The first kappa shape index (κ1) is 17.6. The number of hydrogen-bond donors (Lipinski definition) is 1. The molecule has 0 aliphatic heterocycles. The fourth-order valence-corrected chi connectivity index (χ4v) is 6.53. The first-order chi connectivity index (χ1) is 13.0. The van der Waals surface area contributed by atoms with Crippen LogP contribution >= 0.6 is 23.2 Å². The van der Waals surface area contributed by atoms with Crippen LogP contribution in [0.1, 0.15) is 44.1 Å². The molecule has 0 atom stereocenters. The Bertz CT molecular complexity index is 836. The summed E-state index contributed by atoms with van der Waals surface area (Å²) < 4.78 is 1.77. The Hall–Kier alpha value is -1.52. The van der Waals surface area contributed by atoms with Crippen LogP contribution in [0.25, 0.3) is 0 Å². The quantitative estimate of drug-likeness (QED) is 0.743. The number of halogens is 2. The summed E-state index contributed by atoms with van der Waals surface area (Å²) in [5.41, 5.74) is 1.44. The number of amides is 1. The lowest BCUT2D eigenvalue weighted by Gasteiger charge is -2.55. The third-order valence-corrected chi connectivity index (χ3v) is 7.50. The smallest absolute Gasteiger partial charge is 0.230 e. The minimum atomic E-state index is -0.150. The van der Waals surface area contributed by atoms with Crippen LogP contribution in [-0.4, -0.2) is 15.7 Å². The number of carbonyl (C=O) groups excluding carboxylic acids is 1. The molecule has 0 radical (unpaired) electrons. The lowest BCUT2D eigenvalue weighted by atomic mass is 9.49. The van der Waals surface area contributed by atoms with Crippen LogP contribution in [-0.2, 0) is 11.3 Å². The number of hydrogen-bond acceptors (Lipinski definition) is 2. The first-order valence-electron chi connectivity index (χ1n) is 9.77. The van der Waals surface area contributed by atoms with Crippen molar-refractivity contribution in [2.45, 2.75) is 45.1 Å². The van der Waals surface area contributed by atoms with Crippen LogP contribution in [0.4, 0.5) is 5.69 Å². The molecule has 1 amide bonds. The monoisotopic (exact) mass is 403 g/mol. The van der Waals surface area contributed by atoms with Gasteiger partial charge in [0.25, 0.3) is 0 Å². The molecule has 4 bridgehead atoms. The topological polar surface area (TPSA) is 46.9 Å². The van der Waals surface area contributed by atoms with E-state index in [4.69, 9.17) is 23.2 Å². The molecule has 0 spiro atoms. The Morgan fingerprint density at radius 1 is 1.11 bits per heavy atom. The van der Waals surface area contributed by atoms with Crippen molar-refractivity contribution in [1.82, 2.24) is 9.78 Å². The maximum absolute atomic E-state index is 13.2. The van der Waals surface area contributed by atoms with Crippen LogP contribution in [0.2, 0.25) is 10.0 Å². The number of benzene rings is 1. The molecule has 1 aromatic carbocycles. The summed E-state index contributed by atoms with van der Waals surface area (Å²) >= 11 is 12.5. The van der Waals surface area contributed by atoms with Gasteiger partial charge in [0.1, 0.15) is 0 Å². The molecule has 142 valence electrons. The molecule has 4 nitrogen and oxygen atoms in total. The number of anilines is 1. The highest BCUT2D eigenvalue weighted by Crippen LogP contribution is 2.60. The van der Waals surface area contributed by atoms with Gasteiger partial charge in [-0.25, -0.2) is 0 Å². The Morgan fingerprint density at radius 3 is 2.30 bits per heavy atom. The second-order valence-corrected chi connectivity index (χ2v) is 9.59. The van der Waals surface area contributed by atoms with E-state index in [9.17, 15) is 4.79 Å². The van der Waals surface area contributed by atoms with E-state index in [2.05, 4.69) is 10.4 Å². The van der Waals surface area contributed by atoms with Crippen LogP contribution in [0.3, 0.4) is 0 Å². The first-order valence-corrected chi connectivity index (χ1v) is 10.5. The van der Waals surface area contributed by atoms with E-state index in [0.29, 0.717) is 16.6 Å². The second kappa shape index (κ2) is 6.52. The fourth-order valence-electron chi connectivity index (χ4n) is 6.01. The second-order valence-electron chi connectivity index (χ2n) is 8.78. The summed E-state index contributed by atoms with van der Waals surface area (Å²) in [5, 5.41) is 8.77. The zero-order valence-electron chi connectivity index (χ0n) is 15.1. The van der Waals surface area contributed by atoms with Gasteiger partial charge in [0, 0.05) is 21.8 Å². The predicted molar refractivity (Wildman–Crippen MR) is 107 cm³/mol. The molecule has 0 unspecified atom stereocenters. The third kappa shape index (κ3) is 3.17. The molecular formula is C21H23Cl2N3O. The molecule has 4 fully saturated rings. The Kier molecular flexibility index (Phi) is 4.25. The van der Waals surface area contributed by atoms with Gasteiger partial charge in [-0.15, -0.1) is 0 Å². The number of rotatable bonds is 4. The highest BCUT2D eigenvalue weighted by Gasteiger charge is 2.54. The van der Waals surface area contributed by atoms with Gasteiger partial charge in [0.05, 0.1) is 23.8 Å². The van der Waals surface area contributed by atoms with Crippen LogP contribution in [0, 0.1) is 23.2 Å². The molecule has 0 saturated heterocycles. The van der Waals surface area contributed by atoms with Gasteiger partial charge < -0.3 is 5.32 Å². The maximum Gasteiger partial charge on any atom is 0.230 e. The van der Waals surface area contributed by atoms with E-state index in [1.807, 2.05) is 24.4 Å². The van der Waals surface area contributed by atoms with Crippen LogP contribution < -0.4 is 5.32 Å². The van der Waals surface area contributed by atoms with Crippen molar-refractivity contribution in [3.63, 3.8) is 0 Å². The number of carbonyl (C=O) groups is 1. The molecule has 4 saturated carbocycles. The Labute approximate surface area is 169 Å². The van der Waals surface area contributed by atoms with Gasteiger partial charge in [-0.3, -0.25) is 9.48 Å². The molecule has 1 heterocycles. The van der Waals surface area contributed by atoms with E-state index >= 15 is 0 Å². The van der Waals surface area contributed by atoms with Crippen molar-refractivity contribution in [1.29, 1.82) is 0 Å². The van der Waals surface area contributed by atoms with Gasteiger partial charge in [-0.1, -0.05) is 29.3 Å². The highest BCUT2D eigenvalue weighted by atomic mass is 35.5. The van der Waals surface area contributed by atoms with E-state index in [1.54, 1.807) is 10.9 Å². The molecular weight excluding hydrogens is 381 g/mol. The molecule has 1 aromatic heterocycles. The minimum absolute atomic E-state index is 0.150. The van der Waals surface area contributed by atoms with Gasteiger partial charge in [0.2, 0.25) is 5.91 Å². The molecule has 2 aromatic rings. The zero-order chi connectivity index (χ0) is 18.6. The average molecular weight is 404 g/mol. The van der Waals surface area contributed by atoms with Gasteiger partial charge in [-0.05, 0) is 68.4 Å². The normalized spacial score (nSPS) is 31.3. The minimum Gasteiger partial charge on any atom is -0.323 e. The van der Waals surface area contributed by atoms with E-state index < -0.39 is 0 Å². The largest absolute Gasteiger partial charge is 0.323 e. The molecule has 6 heteroatoms. The lowest BCUT2D eigenvalue weighted by molar-refractivity contribution is -0.140. The van der Waals surface area contributed by atoms with Gasteiger partial charge in [-0.2, -0.15) is 5.10 Å². The standard InChI is InChI=1S/C21H23Cl2N3O/c22-18-2-1-3-19(23)17(18)12-26-11-16(10-24-26)25-20(27)21-7-13-4-14(8-21)6-15(5-13)9-21/h1-3,10-11,13-15H,4-9,12H2,(H,25,27). The van der Waals surface area contributed by atoms with Crippen LogP contribution in [0.15, 0.2) is 30.6 Å². The number of aromatic nitrogens is 2. The zero-order valence-corrected chi connectivity index (χ0v) is 16.6. The van der Waals surface area contributed by atoms with Crippen molar-refractivity contribution in [3.05, 3.63) is 46.2 Å². The van der Waals surface area contributed by atoms with Crippen molar-refractivity contribution in [2.24, 2.45) is 23.2 Å². The molecule has 1 N–H and O–H groups in total. The van der Waals surface area contributed by atoms with E-state index in [1.165, 1.54) is 19.3 Å². The van der Waals surface area contributed by atoms with Gasteiger partial charge in [0.15, 0.2) is 0 Å². The fraction of sp³-hybridized carbons (Fsp3) is 0.524. The molecule has 4 aliphatic carbocycles. The van der Waals surface area contributed by atoms with Crippen molar-refractivity contribution < 1.29 is 4.79 Å². The summed E-state index contributed by atoms with van der Waals surface area (Å²) in [7, 11) is 0. The van der Waals surface area contributed by atoms with E-state index in [-0.39, 0.29) is 11.3 Å². The van der Waals surface area contributed by atoms with E-state index in [0.717, 1.165) is 48.3 Å². The summed E-state index contributed by atoms with van der Waals surface area (Å²) in [4.78, 5) is 13.2. The molecule has 27 heavy (non-hydrogen) atoms.